The zero-order chi connectivity index (χ0) is 15.6. The van der Waals surface area contributed by atoms with Gasteiger partial charge in [-0.15, -0.1) is 0 Å². The molecule has 1 saturated heterocycles. The highest BCUT2D eigenvalue weighted by atomic mass is 32.2. The summed E-state index contributed by atoms with van der Waals surface area (Å²) in [6, 6.07) is 1.26. The molecule has 2 rings (SSSR count). The van der Waals surface area contributed by atoms with E-state index in [9.17, 15) is 13.2 Å². The van der Waals surface area contributed by atoms with Gasteiger partial charge in [-0.05, 0) is 32.8 Å². The van der Waals surface area contributed by atoms with Crippen molar-refractivity contribution in [1.82, 2.24) is 19.8 Å². The molecule has 1 aromatic rings. The van der Waals surface area contributed by atoms with Crippen molar-refractivity contribution in [3.05, 3.63) is 17.5 Å². The third-order valence-electron chi connectivity index (χ3n) is 3.64. The van der Waals surface area contributed by atoms with Gasteiger partial charge in [0.05, 0.1) is 18.0 Å². The Bertz CT molecular complexity index is 611. The van der Waals surface area contributed by atoms with Crippen LogP contribution in [0.4, 0.5) is 0 Å². The molecule has 0 aliphatic carbocycles. The number of aromatic nitrogens is 2. The Labute approximate surface area is 125 Å². The second kappa shape index (κ2) is 6.15. The van der Waals surface area contributed by atoms with E-state index in [2.05, 4.69) is 14.9 Å². The number of H-pyrrole nitrogens is 1. The molecule has 21 heavy (non-hydrogen) atoms. The van der Waals surface area contributed by atoms with Gasteiger partial charge in [-0.2, -0.15) is 5.10 Å². The van der Waals surface area contributed by atoms with Crippen LogP contribution < -0.4 is 4.72 Å². The van der Waals surface area contributed by atoms with E-state index in [-0.39, 0.29) is 11.8 Å². The smallest absolute Gasteiger partial charge is 0.240 e. The Kier molecular flexibility index (Phi) is 4.67. The van der Waals surface area contributed by atoms with Gasteiger partial charge in [0.1, 0.15) is 0 Å². The van der Waals surface area contributed by atoms with Crippen molar-refractivity contribution in [3.8, 4) is 0 Å². The minimum Gasteiger partial charge on any atom is -0.341 e. The van der Waals surface area contributed by atoms with Gasteiger partial charge in [0.15, 0.2) is 0 Å². The van der Waals surface area contributed by atoms with Gasteiger partial charge in [-0.25, -0.2) is 13.1 Å². The lowest BCUT2D eigenvalue weighted by molar-refractivity contribution is -0.133. The highest BCUT2D eigenvalue weighted by molar-refractivity contribution is 7.88. The zero-order valence-corrected chi connectivity index (χ0v) is 13.4. The van der Waals surface area contributed by atoms with E-state index in [1.807, 2.05) is 13.0 Å². The summed E-state index contributed by atoms with van der Waals surface area (Å²) < 4.78 is 24.8. The Hall–Kier alpha value is -1.41. The first-order valence-corrected chi connectivity index (χ1v) is 8.93. The summed E-state index contributed by atoms with van der Waals surface area (Å²) in [7, 11) is -3.38. The number of hydrogen-bond donors (Lipinski definition) is 2. The fraction of sp³-hybridized carbons (Fsp3) is 0.692. The van der Waals surface area contributed by atoms with Crippen molar-refractivity contribution in [3.63, 3.8) is 0 Å². The van der Waals surface area contributed by atoms with Crippen LogP contribution in [0.2, 0.25) is 0 Å². The fourth-order valence-electron chi connectivity index (χ4n) is 2.71. The molecule has 1 amide bonds. The molecule has 1 aliphatic rings. The molecular weight excluding hydrogens is 292 g/mol. The number of nitrogens with one attached hydrogen (secondary N) is 2. The second-order valence-corrected chi connectivity index (χ2v) is 7.49. The van der Waals surface area contributed by atoms with Gasteiger partial charge in [0.2, 0.25) is 15.9 Å². The molecular formula is C13H22N4O3S. The number of rotatable bonds is 4. The minimum absolute atomic E-state index is 0.183. The lowest BCUT2D eigenvalue weighted by atomic mass is 9.94. The summed E-state index contributed by atoms with van der Waals surface area (Å²) in [5.41, 5.74) is 1.97. The molecule has 1 aromatic heterocycles. The van der Waals surface area contributed by atoms with E-state index in [1.54, 1.807) is 11.8 Å². The molecule has 0 radical (unpaired) electrons. The van der Waals surface area contributed by atoms with Gasteiger partial charge in [-0.1, -0.05) is 0 Å². The van der Waals surface area contributed by atoms with Gasteiger partial charge < -0.3 is 4.90 Å². The lowest BCUT2D eigenvalue weighted by Gasteiger charge is -2.33. The van der Waals surface area contributed by atoms with Crippen molar-refractivity contribution in [2.24, 2.45) is 0 Å². The Morgan fingerprint density at radius 3 is 2.86 bits per heavy atom. The minimum atomic E-state index is -3.38. The van der Waals surface area contributed by atoms with Gasteiger partial charge >= 0.3 is 0 Å². The Morgan fingerprint density at radius 2 is 2.29 bits per heavy atom. The standard InChI is InChI=1S/C13H22N4O3S/c1-9-7-12(15-14-9)11-5-4-6-17(8-11)13(18)10(2)16-21(3,19)20/h7,10-11,16H,4-6,8H2,1-3H3,(H,14,15). The molecule has 0 spiro atoms. The summed E-state index contributed by atoms with van der Waals surface area (Å²) in [4.78, 5) is 14.1. The van der Waals surface area contributed by atoms with E-state index in [4.69, 9.17) is 0 Å². The van der Waals surface area contributed by atoms with Crippen LogP contribution in [0.25, 0.3) is 0 Å². The van der Waals surface area contributed by atoms with Crippen molar-refractivity contribution in [2.45, 2.75) is 38.6 Å². The molecule has 8 heteroatoms. The maximum absolute atomic E-state index is 12.3. The highest BCUT2D eigenvalue weighted by Crippen LogP contribution is 2.26. The molecule has 1 fully saturated rings. The largest absolute Gasteiger partial charge is 0.341 e. The molecule has 0 bridgehead atoms. The topological polar surface area (TPSA) is 95.2 Å². The third kappa shape index (κ3) is 4.28. The van der Waals surface area contributed by atoms with Crippen LogP contribution in [0, 0.1) is 6.92 Å². The molecule has 118 valence electrons. The SMILES string of the molecule is Cc1cc(C2CCCN(C(=O)C(C)NS(C)(=O)=O)C2)n[nH]1. The molecule has 0 saturated carbocycles. The summed E-state index contributed by atoms with van der Waals surface area (Å²) in [6.07, 6.45) is 2.94. The lowest BCUT2D eigenvalue weighted by Crippen LogP contribution is -2.49. The molecule has 7 nitrogen and oxygen atoms in total. The summed E-state index contributed by atoms with van der Waals surface area (Å²) in [5.74, 6) is 0.0236. The van der Waals surface area contributed by atoms with E-state index in [0.717, 1.165) is 30.5 Å². The van der Waals surface area contributed by atoms with Crippen LogP contribution in [-0.4, -0.2) is 54.8 Å². The highest BCUT2D eigenvalue weighted by Gasteiger charge is 2.29. The average molecular weight is 314 g/mol. The van der Waals surface area contributed by atoms with Gasteiger partial charge in [-0.3, -0.25) is 9.89 Å². The zero-order valence-electron chi connectivity index (χ0n) is 12.6. The van der Waals surface area contributed by atoms with Crippen LogP contribution in [-0.2, 0) is 14.8 Å². The van der Waals surface area contributed by atoms with Crippen molar-refractivity contribution < 1.29 is 13.2 Å². The predicted octanol–water partition coefficient (Wildman–Crippen LogP) is 0.362. The Balaban J connectivity index is 2.02. The first-order chi connectivity index (χ1) is 9.76. The Morgan fingerprint density at radius 1 is 1.57 bits per heavy atom. The maximum atomic E-state index is 12.3. The van der Waals surface area contributed by atoms with Crippen LogP contribution in [0.1, 0.15) is 37.1 Å². The number of amides is 1. The molecule has 2 N–H and O–H groups in total. The quantitative estimate of drug-likeness (QED) is 0.839. The predicted molar refractivity (Wildman–Crippen MR) is 79.3 cm³/mol. The van der Waals surface area contributed by atoms with Crippen LogP contribution in [0.5, 0.6) is 0 Å². The summed E-state index contributed by atoms with van der Waals surface area (Å²) in [6.45, 7) is 4.76. The number of aromatic amines is 1. The van der Waals surface area contributed by atoms with E-state index >= 15 is 0 Å². The number of hydrogen-bond acceptors (Lipinski definition) is 4. The maximum Gasteiger partial charge on any atom is 0.240 e. The molecule has 1 aliphatic heterocycles. The van der Waals surface area contributed by atoms with E-state index < -0.39 is 16.1 Å². The van der Waals surface area contributed by atoms with Crippen molar-refractivity contribution in [1.29, 1.82) is 0 Å². The fourth-order valence-corrected chi connectivity index (χ4v) is 3.46. The number of nitrogens with zero attached hydrogens (tertiary/aromatic N) is 2. The number of sulfonamides is 1. The first-order valence-electron chi connectivity index (χ1n) is 7.04. The molecule has 2 unspecified atom stereocenters. The monoisotopic (exact) mass is 314 g/mol. The van der Waals surface area contributed by atoms with Crippen molar-refractivity contribution >= 4 is 15.9 Å². The average Bonchev–Trinajstić information content (AvgIpc) is 2.83. The number of likely N-dealkylation sites (tertiary alicyclic amines) is 1. The first kappa shape index (κ1) is 16.0. The van der Waals surface area contributed by atoms with Gasteiger partial charge in [0, 0.05) is 24.7 Å². The molecule has 0 aromatic carbocycles. The normalized spacial score (nSPS) is 21.3. The van der Waals surface area contributed by atoms with Crippen LogP contribution in [0.3, 0.4) is 0 Å². The van der Waals surface area contributed by atoms with Crippen LogP contribution in [0.15, 0.2) is 6.07 Å². The van der Waals surface area contributed by atoms with Crippen molar-refractivity contribution in [2.75, 3.05) is 19.3 Å². The van der Waals surface area contributed by atoms with Gasteiger partial charge in [0.25, 0.3) is 0 Å². The van der Waals surface area contributed by atoms with E-state index in [0.29, 0.717) is 13.1 Å². The second-order valence-electron chi connectivity index (χ2n) is 5.71. The summed E-state index contributed by atoms with van der Waals surface area (Å²) >= 11 is 0. The van der Waals surface area contributed by atoms with Crippen LogP contribution >= 0.6 is 0 Å². The number of piperidine rings is 1. The molecule has 2 atom stereocenters. The number of carbonyl (C=O) groups is 1. The summed E-state index contributed by atoms with van der Waals surface area (Å²) in [5, 5.41) is 7.18. The number of carbonyl (C=O) groups excluding carboxylic acids is 1. The third-order valence-corrected chi connectivity index (χ3v) is 4.42. The number of aryl methyl sites for hydroxylation is 1. The molecule has 2 heterocycles. The van der Waals surface area contributed by atoms with E-state index in [1.165, 1.54) is 0 Å².